The normalized spacial score (nSPS) is 19.0. The number of ether oxygens (including phenoxy) is 1. The van der Waals surface area contributed by atoms with E-state index in [1.807, 2.05) is 17.0 Å². The summed E-state index contributed by atoms with van der Waals surface area (Å²) in [6, 6.07) is 2.07. The first-order valence-electron chi connectivity index (χ1n) is 7.61. The first-order valence-corrected chi connectivity index (χ1v) is 8.49. The fourth-order valence-corrected chi connectivity index (χ4v) is 3.45. The Morgan fingerprint density at radius 2 is 2.43 bits per heavy atom. The molecule has 7 nitrogen and oxygen atoms in total. The van der Waals surface area contributed by atoms with Crippen molar-refractivity contribution in [3.05, 3.63) is 34.0 Å². The molecule has 124 valence electrons. The van der Waals surface area contributed by atoms with E-state index in [4.69, 9.17) is 4.74 Å². The summed E-state index contributed by atoms with van der Waals surface area (Å²) in [6.07, 6.45) is 1.52. The number of nitrogens with zero attached hydrogens (tertiary/aromatic N) is 4. The van der Waals surface area contributed by atoms with Crippen LogP contribution in [0.5, 0.6) is 0 Å². The maximum atomic E-state index is 12.2. The van der Waals surface area contributed by atoms with Crippen molar-refractivity contribution in [2.24, 2.45) is 7.05 Å². The van der Waals surface area contributed by atoms with Gasteiger partial charge in [-0.1, -0.05) is 0 Å². The highest BCUT2D eigenvalue weighted by molar-refractivity contribution is 7.10. The van der Waals surface area contributed by atoms with Crippen molar-refractivity contribution in [3.63, 3.8) is 0 Å². The fraction of sp³-hybridized carbons (Fsp3) is 0.533. The minimum absolute atomic E-state index is 0.0383. The van der Waals surface area contributed by atoms with Gasteiger partial charge in [-0.15, -0.1) is 21.5 Å². The molecule has 1 aliphatic rings. The van der Waals surface area contributed by atoms with Crippen LogP contribution in [0.3, 0.4) is 0 Å². The Morgan fingerprint density at radius 3 is 3.13 bits per heavy atom. The van der Waals surface area contributed by atoms with Crippen molar-refractivity contribution in [1.82, 2.24) is 25.0 Å². The van der Waals surface area contributed by atoms with Crippen molar-refractivity contribution >= 4 is 17.2 Å². The first kappa shape index (κ1) is 16.1. The van der Waals surface area contributed by atoms with Crippen LogP contribution in [0.15, 0.2) is 17.8 Å². The molecule has 1 fully saturated rings. The number of amides is 1. The molecule has 3 rings (SSSR count). The quantitative estimate of drug-likeness (QED) is 0.878. The number of rotatable bonds is 5. The molecule has 0 radical (unpaired) electrons. The van der Waals surface area contributed by atoms with Crippen LogP contribution in [0.2, 0.25) is 0 Å². The van der Waals surface area contributed by atoms with Gasteiger partial charge in [-0.05, 0) is 23.9 Å². The van der Waals surface area contributed by atoms with Gasteiger partial charge in [-0.25, -0.2) is 0 Å². The highest BCUT2D eigenvalue weighted by atomic mass is 32.1. The van der Waals surface area contributed by atoms with E-state index in [1.54, 1.807) is 17.7 Å². The monoisotopic (exact) mass is 335 g/mol. The van der Waals surface area contributed by atoms with Gasteiger partial charge in [0.25, 0.3) is 0 Å². The molecule has 0 spiro atoms. The SMILES string of the molecule is Cc1ccsc1CNC(=O)CN1CCO[C@@H](c2nncn2C)C1. The Bertz CT molecular complexity index is 668. The number of hydrogen-bond acceptors (Lipinski definition) is 6. The average Bonchev–Trinajstić information content (AvgIpc) is 3.14. The second kappa shape index (κ2) is 7.20. The van der Waals surface area contributed by atoms with E-state index in [2.05, 4.69) is 33.4 Å². The van der Waals surface area contributed by atoms with Crippen LogP contribution in [0, 0.1) is 6.92 Å². The topological polar surface area (TPSA) is 72.3 Å². The van der Waals surface area contributed by atoms with Crippen molar-refractivity contribution in [1.29, 1.82) is 0 Å². The molecule has 0 unspecified atom stereocenters. The third-order valence-electron chi connectivity index (χ3n) is 3.97. The predicted octanol–water partition coefficient (Wildman–Crippen LogP) is 0.875. The zero-order valence-corrected chi connectivity index (χ0v) is 14.2. The summed E-state index contributed by atoms with van der Waals surface area (Å²) >= 11 is 1.67. The molecule has 1 atom stereocenters. The molecule has 0 aliphatic carbocycles. The predicted molar refractivity (Wildman–Crippen MR) is 87.0 cm³/mol. The Morgan fingerprint density at radius 1 is 1.57 bits per heavy atom. The molecular weight excluding hydrogens is 314 g/mol. The lowest BCUT2D eigenvalue weighted by atomic mass is 10.2. The lowest BCUT2D eigenvalue weighted by molar-refractivity contribution is -0.124. The van der Waals surface area contributed by atoms with Crippen LogP contribution in [0.25, 0.3) is 0 Å². The van der Waals surface area contributed by atoms with E-state index < -0.39 is 0 Å². The van der Waals surface area contributed by atoms with Gasteiger partial charge in [0.1, 0.15) is 12.4 Å². The number of morpholine rings is 1. The van der Waals surface area contributed by atoms with Crippen molar-refractivity contribution in [3.8, 4) is 0 Å². The molecule has 1 N–H and O–H groups in total. The number of carbonyl (C=O) groups is 1. The minimum Gasteiger partial charge on any atom is -0.368 e. The van der Waals surface area contributed by atoms with Crippen LogP contribution in [0.1, 0.15) is 22.4 Å². The second-order valence-electron chi connectivity index (χ2n) is 5.70. The Hall–Kier alpha value is -1.77. The molecule has 23 heavy (non-hydrogen) atoms. The van der Waals surface area contributed by atoms with E-state index in [9.17, 15) is 4.79 Å². The van der Waals surface area contributed by atoms with Gasteiger partial charge in [0.2, 0.25) is 5.91 Å². The molecule has 1 amide bonds. The highest BCUT2D eigenvalue weighted by Gasteiger charge is 2.26. The number of aryl methyl sites for hydroxylation is 2. The molecular formula is C15H21N5O2S. The van der Waals surface area contributed by atoms with E-state index in [-0.39, 0.29) is 12.0 Å². The lowest BCUT2D eigenvalue weighted by Crippen LogP contribution is -2.44. The highest BCUT2D eigenvalue weighted by Crippen LogP contribution is 2.19. The Kier molecular flexibility index (Phi) is 5.04. The summed E-state index contributed by atoms with van der Waals surface area (Å²) in [5, 5.41) is 13.0. The molecule has 0 saturated carbocycles. The smallest absolute Gasteiger partial charge is 0.234 e. The van der Waals surface area contributed by atoms with E-state index >= 15 is 0 Å². The average molecular weight is 335 g/mol. The van der Waals surface area contributed by atoms with Gasteiger partial charge in [-0.3, -0.25) is 9.69 Å². The summed E-state index contributed by atoms with van der Waals surface area (Å²) in [7, 11) is 1.90. The van der Waals surface area contributed by atoms with Gasteiger partial charge >= 0.3 is 0 Å². The largest absolute Gasteiger partial charge is 0.368 e. The number of thiophene rings is 1. The van der Waals surface area contributed by atoms with Crippen LogP contribution in [0.4, 0.5) is 0 Å². The Balaban J connectivity index is 1.50. The molecule has 1 saturated heterocycles. The summed E-state index contributed by atoms with van der Waals surface area (Å²) < 4.78 is 7.61. The first-order chi connectivity index (χ1) is 11.1. The molecule has 3 heterocycles. The zero-order chi connectivity index (χ0) is 16.2. The van der Waals surface area contributed by atoms with Crippen LogP contribution in [-0.4, -0.2) is 51.8 Å². The summed E-state index contributed by atoms with van der Waals surface area (Å²) in [6.45, 7) is 5.03. The third-order valence-corrected chi connectivity index (χ3v) is 4.99. The van der Waals surface area contributed by atoms with E-state index in [1.165, 1.54) is 10.4 Å². The summed E-state index contributed by atoms with van der Waals surface area (Å²) in [4.78, 5) is 15.5. The molecule has 2 aromatic heterocycles. The maximum absolute atomic E-state index is 12.2. The third kappa shape index (κ3) is 3.95. The van der Waals surface area contributed by atoms with Gasteiger partial charge in [0.05, 0.1) is 19.7 Å². The number of nitrogens with one attached hydrogen (secondary N) is 1. The van der Waals surface area contributed by atoms with Crippen molar-refractivity contribution in [2.45, 2.75) is 19.6 Å². The number of carbonyl (C=O) groups excluding carboxylic acids is 1. The fourth-order valence-electron chi connectivity index (χ4n) is 2.61. The molecule has 0 aromatic carbocycles. The zero-order valence-electron chi connectivity index (χ0n) is 13.4. The maximum Gasteiger partial charge on any atom is 0.234 e. The van der Waals surface area contributed by atoms with Crippen LogP contribution in [-0.2, 0) is 23.1 Å². The van der Waals surface area contributed by atoms with Gasteiger partial charge in [-0.2, -0.15) is 0 Å². The van der Waals surface area contributed by atoms with E-state index in [0.29, 0.717) is 26.2 Å². The van der Waals surface area contributed by atoms with Crippen LogP contribution < -0.4 is 5.32 Å². The van der Waals surface area contributed by atoms with Gasteiger partial charge in [0.15, 0.2) is 5.82 Å². The summed E-state index contributed by atoms with van der Waals surface area (Å²) in [5.74, 6) is 0.834. The molecule has 1 aliphatic heterocycles. The minimum atomic E-state index is -0.136. The molecule has 8 heteroatoms. The van der Waals surface area contributed by atoms with Crippen LogP contribution >= 0.6 is 11.3 Å². The second-order valence-corrected chi connectivity index (χ2v) is 6.70. The lowest BCUT2D eigenvalue weighted by Gasteiger charge is -2.31. The van der Waals surface area contributed by atoms with Crippen molar-refractivity contribution in [2.75, 3.05) is 26.2 Å². The Labute approximate surface area is 139 Å². The summed E-state index contributed by atoms with van der Waals surface area (Å²) in [5.41, 5.74) is 1.23. The molecule has 2 aromatic rings. The standard InChI is InChI=1S/C15H21N5O2S/c1-11-3-6-23-13(11)7-16-14(21)9-20-4-5-22-12(8-20)15-18-17-10-19(15)2/h3,6,10,12H,4-5,7-9H2,1-2H3,(H,16,21)/t12-/m1/s1. The van der Waals surface area contributed by atoms with Crippen molar-refractivity contribution < 1.29 is 9.53 Å². The number of hydrogen-bond donors (Lipinski definition) is 1. The van der Waals surface area contributed by atoms with Gasteiger partial charge in [0, 0.05) is 25.0 Å². The number of aromatic nitrogens is 3. The molecule has 0 bridgehead atoms. The van der Waals surface area contributed by atoms with Gasteiger partial charge < -0.3 is 14.6 Å². The van der Waals surface area contributed by atoms with E-state index in [0.717, 1.165) is 12.4 Å².